The molecule has 0 saturated carbocycles. The van der Waals surface area contributed by atoms with Crippen LogP contribution in [0.25, 0.3) is 0 Å². The van der Waals surface area contributed by atoms with Crippen LogP contribution in [0.3, 0.4) is 0 Å². The number of nitrogen functional groups attached to an aromatic ring is 1. The van der Waals surface area contributed by atoms with Crippen LogP contribution in [0.5, 0.6) is 11.5 Å². The molecule has 0 radical (unpaired) electrons. The van der Waals surface area contributed by atoms with Gasteiger partial charge in [-0.1, -0.05) is 13.0 Å². The van der Waals surface area contributed by atoms with Crippen LogP contribution < -0.4 is 20.7 Å². The lowest BCUT2D eigenvalue weighted by molar-refractivity contribution is 0.0953. The van der Waals surface area contributed by atoms with Crippen molar-refractivity contribution in [3.05, 3.63) is 47.4 Å². The molecule has 0 atom stereocenters. The first-order valence-corrected chi connectivity index (χ1v) is 6.56. The number of nitrogens with two attached hydrogens (primary N) is 1. The number of rotatable bonds is 6. The average Bonchev–Trinajstić information content (AvgIpc) is 3.00. The SMILES string of the molecule is CCc1ccc(OCc2cc(C(=O)NN)co2)c(OC)c1. The Morgan fingerprint density at radius 1 is 1.33 bits per heavy atom. The Balaban J connectivity index is 2.06. The maximum atomic E-state index is 11.3. The molecule has 1 aromatic heterocycles. The molecule has 112 valence electrons. The molecule has 1 aromatic carbocycles. The zero-order valence-corrected chi connectivity index (χ0v) is 12.0. The van der Waals surface area contributed by atoms with Gasteiger partial charge in [0.2, 0.25) is 0 Å². The van der Waals surface area contributed by atoms with Crippen molar-refractivity contribution in [1.82, 2.24) is 5.43 Å². The van der Waals surface area contributed by atoms with E-state index in [4.69, 9.17) is 19.7 Å². The number of nitrogens with one attached hydrogen (secondary N) is 1. The second-order valence-electron chi connectivity index (χ2n) is 4.40. The van der Waals surface area contributed by atoms with Gasteiger partial charge < -0.3 is 13.9 Å². The number of amides is 1. The van der Waals surface area contributed by atoms with Crippen molar-refractivity contribution < 1.29 is 18.7 Å². The highest BCUT2D eigenvalue weighted by Crippen LogP contribution is 2.29. The number of hydrogen-bond donors (Lipinski definition) is 2. The zero-order chi connectivity index (χ0) is 15.2. The van der Waals surface area contributed by atoms with Gasteiger partial charge in [-0.05, 0) is 30.2 Å². The molecule has 2 rings (SSSR count). The van der Waals surface area contributed by atoms with E-state index in [-0.39, 0.29) is 6.61 Å². The number of hydrazine groups is 1. The van der Waals surface area contributed by atoms with Crippen LogP contribution in [-0.2, 0) is 13.0 Å². The Kier molecular flexibility index (Phi) is 4.84. The molecule has 0 unspecified atom stereocenters. The van der Waals surface area contributed by atoms with Crippen molar-refractivity contribution in [2.75, 3.05) is 7.11 Å². The smallest absolute Gasteiger partial charge is 0.268 e. The summed E-state index contributed by atoms with van der Waals surface area (Å²) in [6, 6.07) is 7.35. The minimum atomic E-state index is -0.408. The van der Waals surface area contributed by atoms with Crippen LogP contribution in [0, 0.1) is 0 Å². The lowest BCUT2D eigenvalue weighted by atomic mass is 10.1. The second kappa shape index (κ2) is 6.81. The molecule has 0 aliphatic carbocycles. The van der Waals surface area contributed by atoms with Crippen molar-refractivity contribution in [1.29, 1.82) is 0 Å². The fourth-order valence-electron chi connectivity index (χ4n) is 1.86. The molecule has 0 saturated heterocycles. The van der Waals surface area contributed by atoms with E-state index in [0.29, 0.717) is 22.8 Å². The third-order valence-electron chi connectivity index (χ3n) is 3.05. The van der Waals surface area contributed by atoms with Crippen LogP contribution in [0.1, 0.15) is 28.6 Å². The molecule has 1 amide bonds. The Morgan fingerprint density at radius 2 is 2.14 bits per heavy atom. The number of carbonyl (C=O) groups is 1. The number of furan rings is 1. The summed E-state index contributed by atoms with van der Waals surface area (Å²) in [5, 5.41) is 0. The third-order valence-corrected chi connectivity index (χ3v) is 3.05. The fraction of sp³-hybridized carbons (Fsp3) is 0.267. The van der Waals surface area contributed by atoms with Gasteiger partial charge >= 0.3 is 0 Å². The van der Waals surface area contributed by atoms with Crippen LogP contribution in [0.2, 0.25) is 0 Å². The molecule has 2 aromatic rings. The first kappa shape index (κ1) is 14.9. The highest BCUT2D eigenvalue weighted by atomic mass is 16.5. The Morgan fingerprint density at radius 3 is 2.81 bits per heavy atom. The molecular weight excluding hydrogens is 272 g/mol. The van der Waals surface area contributed by atoms with Gasteiger partial charge in [0.1, 0.15) is 18.6 Å². The summed E-state index contributed by atoms with van der Waals surface area (Å²) in [6.07, 6.45) is 2.25. The van der Waals surface area contributed by atoms with E-state index >= 15 is 0 Å². The standard InChI is InChI=1S/C15H18N2O4/c1-3-10-4-5-13(14(6-10)19-2)21-9-12-7-11(8-20-12)15(18)17-16/h4-8H,3,9,16H2,1-2H3,(H,17,18). The van der Waals surface area contributed by atoms with Crippen molar-refractivity contribution in [3.63, 3.8) is 0 Å². The van der Waals surface area contributed by atoms with E-state index < -0.39 is 5.91 Å². The number of ether oxygens (including phenoxy) is 2. The molecule has 6 heteroatoms. The summed E-state index contributed by atoms with van der Waals surface area (Å²) in [7, 11) is 1.60. The third kappa shape index (κ3) is 3.55. The van der Waals surface area contributed by atoms with E-state index in [9.17, 15) is 4.79 Å². The molecule has 0 aliphatic rings. The molecule has 1 heterocycles. The van der Waals surface area contributed by atoms with Crippen molar-refractivity contribution >= 4 is 5.91 Å². The first-order chi connectivity index (χ1) is 10.2. The molecule has 6 nitrogen and oxygen atoms in total. The van der Waals surface area contributed by atoms with Gasteiger partial charge in [0, 0.05) is 0 Å². The quantitative estimate of drug-likeness (QED) is 0.483. The number of aryl methyl sites for hydroxylation is 1. The number of carbonyl (C=O) groups excluding carboxylic acids is 1. The lowest BCUT2D eigenvalue weighted by Gasteiger charge is -2.10. The first-order valence-electron chi connectivity index (χ1n) is 6.56. The van der Waals surface area contributed by atoms with Crippen LogP contribution in [0.15, 0.2) is 34.9 Å². The summed E-state index contributed by atoms with van der Waals surface area (Å²) in [5.74, 6) is 6.46. The molecule has 0 spiro atoms. The van der Waals surface area contributed by atoms with E-state index in [1.165, 1.54) is 11.8 Å². The van der Waals surface area contributed by atoms with Gasteiger partial charge in [-0.15, -0.1) is 0 Å². The minimum Gasteiger partial charge on any atom is -0.493 e. The van der Waals surface area contributed by atoms with Gasteiger partial charge in [0.05, 0.1) is 12.7 Å². The Bertz CT molecular complexity index is 622. The monoisotopic (exact) mass is 290 g/mol. The van der Waals surface area contributed by atoms with Gasteiger partial charge in [-0.25, -0.2) is 5.84 Å². The summed E-state index contributed by atoms with van der Waals surface area (Å²) < 4.78 is 16.2. The Hall–Kier alpha value is -2.47. The van der Waals surface area contributed by atoms with Crippen molar-refractivity contribution in [2.45, 2.75) is 20.0 Å². The fourth-order valence-corrected chi connectivity index (χ4v) is 1.86. The van der Waals surface area contributed by atoms with E-state index in [1.807, 2.05) is 23.6 Å². The van der Waals surface area contributed by atoms with Crippen molar-refractivity contribution in [2.24, 2.45) is 5.84 Å². The van der Waals surface area contributed by atoms with Gasteiger partial charge in [0.15, 0.2) is 11.5 Å². The molecular formula is C15H18N2O4. The van der Waals surface area contributed by atoms with Crippen molar-refractivity contribution in [3.8, 4) is 11.5 Å². The van der Waals surface area contributed by atoms with Gasteiger partial charge in [-0.3, -0.25) is 10.2 Å². The van der Waals surface area contributed by atoms with Gasteiger partial charge in [-0.2, -0.15) is 0 Å². The van der Waals surface area contributed by atoms with Crippen LogP contribution in [0.4, 0.5) is 0 Å². The summed E-state index contributed by atoms with van der Waals surface area (Å²) >= 11 is 0. The summed E-state index contributed by atoms with van der Waals surface area (Å²) in [5.41, 5.74) is 3.56. The maximum absolute atomic E-state index is 11.3. The zero-order valence-electron chi connectivity index (χ0n) is 12.0. The van der Waals surface area contributed by atoms with Crippen LogP contribution >= 0.6 is 0 Å². The molecule has 0 fully saturated rings. The maximum Gasteiger partial charge on any atom is 0.268 e. The number of benzene rings is 1. The molecule has 21 heavy (non-hydrogen) atoms. The molecule has 0 bridgehead atoms. The Labute approximate surface area is 122 Å². The van der Waals surface area contributed by atoms with Gasteiger partial charge in [0.25, 0.3) is 5.91 Å². The highest BCUT2D eigenvalue weighted by molar-refractivity contribution is 5.93. The topological polar surface area (TPSA) is 86.7 Å². The normalized spacial score (nSPS) is 10.2. The van der Waals surface area contributed by atoms with E-state index in [2.05, 4.69) is 6.92 Å². The number of methoxy groups -OCH3 is 1. The molecule has 3 N–H and O–H groups in total. The second-order valence-corrected chi connectivity index (χ2v) is 4.40. The predicted molar refractivity (Wildman–Crippen MR) is 77.1 cm³/mol. The van der Waals surface area contributed by atoms with Crippen LogP contribution in [-0.4, -0.2) is 13.0 Å². The molecule has 0 aliphatic heterocycles. The average molecular weight is 290 g/mol. The predicted octanol–water partition coefficient (Wildman–Crippen LogP) is 2.03. The lowest BCUT2D eigenvalue weighted by Crippen LogP contribution is -2.29. The van der Waals surface area contributed by atoms with E-state index in [0.717, 1.165) is 6.42 Å². The summed E-state index contributed by atoms with van der Waals surface area (Å²) in [4.78, 5) is 11.3. The number of hydrogen-bond acceptors (Lipinski definition) is 5. The largest absolute Gasteiger partial charge is 0.493 e. The summed E-state index contributed by atoms with van der Waals surface area (Å²) in [6.45, 7) is 2.27. The highest BCUT2D eigenvalue weighted by Gasteiger charge is 2.11. The van der Waals surface area contributed by atoms with E-state index in [1.54, 1.807) is 13.2 Å². The minimum absolute atomic E-state index is 0.194.